The third-order valence-electron chi connectivity index (χ3n) is 1.95. The van der Waals surface area contributed by atoms with Gasteiger partial charge in [0.05, 0.1) is 6.34 Å². The smallest absolute Gasteiger partial charge is 0.320 e. The average molecular weight is 198 g/mol. The summed E-state index contributed by atoms with van der Waals surface area (Å²) in [6, 6.07) is -0.813. The molecule has 0 fully saturated rings. The number of hydrogen-bond donors (Lipinski definition) is 3. The highest BCUT2D eigenvalue weighted by atomic mass is 16.4. The van der Waals surface area contributed by atoms with E-state index < -0.39 is 12.0 Å². The minimum absolute atomic E-state index is 0.398. The van der Waals surface area contributed by atoms with E-state index in [-0.39, 0.29) is 0 Å². The molecule has 0 aliphatic carbocycles. The Balaban J connectivity index is 2.27. The SMILES string of the molecule is NC1=CCN(CCC(N)C(=O)O)C=N1. The molecule has 0 radical (unpaired) electrons. The van der Waals surface area contributed by atoms with Crippen LogP contribution in [0.1, 0.15) is 6.42 Å². The van der Waals surface area contributed by atoms with Gasteiger partial charge in [-0.3, -0.25) is 4.79 Å². The maximum atomic E-state index is 10.4. The first kappa shape index (κ1) is 10.5. The van der Waals surface area contributed by atoms with Gasteiger partial charge in [-0.2, -0.15) is 0 Å². The van der Waals surface area contributed by atoms with Crippen LogP contribution in [0.2, 0.25) is 0 Å². The number of aliphatic carboxylic acids is 1. The van der Waals surface area contributed by atoms with Crippen LogP contribution in [0.25, 0.3) is 0 Å². The quantitative estimate of drug-likeness (QED) is 0.533. The minimum Gasteiger partial charge on any atom is -0.480 e. The fourth-order valence-corrected chi connectivity index (χ4v) is 1.04. The van der Waals surface area contributed by atoms with Gasteiger partial charge in [-0.1, -0.05) is 0 Å². The topological polar surface area (TPSA) is 105 Å². The molecule has 0 aromatic heterocycles. The van der Waals surface area contributed by atoms with Crippen LogP contribution in [-0.4, -0.2) is 41.4 Å². The van der Waals surface area contributed by atoms with Crippen LogP contribution < -0.4 is 11.5 Å². The van der Waals surface area contributed by atoms with Gasteiger partial charge in [0, 0.05) is 13.1 Å². The average Bonchev–Trinajstić information content (AvgIpc) is 2.16. The molecule has 0 spiro atoms. The molecule has 78 valence electrons. The van der Waals surface area contributed by atoms with Crippen molar-refractivity contribution in [2.24, 2.45) is 16.5 Å². The van der Waals surface area contributed by atoms with Gasteiger partial charge in [0.2, 0.25) is 0 Å². The Morgan fingerprint density at radius 2 is 2.50 bits per heavy atom. The number of hydrogen-bond acceptors (Lipinski definition) is 5. The van der Waals surface area contributed by atoms with E-state index in [0.29, 0.717) is 25.3 Å². The Kier molecular flexibility index (Phi) is 3.47. The van der Waals surface area contributed by atoms with Crippen LogP contribution >= 0.6 is 0 Å². The first-order chi connectivity index (χ1) is 6.59. The molecule has 0 aromatic carbocycles. The summed E-state index contributed by atoms with van der Waals surface area (Å²) in [5.41, 5.74) is 10.8. The summed E-state index contributed by atoms with van der Waals surface area (Å²) < 4.78 is 0. The summed E-state index contributed by atoms with van der Waals surface area (Å²) >= 11 is 0. The zero-order valence-electron chi connectivity index (χ0n) is 7.76. The number of carbonyl (C=O) groups is 1. The van der Waals surface area contributed by atoms with Crippen LogP contribution in [-0.2, 0) is 4.79 Å². The fourth-order valence-electron chi connectivity index (χ4n) is 1.04. The molecule has 1 aliphatic rings. The maximum Gasteiger partial charge on any atom is 0.320 e. The molecule has 1 aliphatic heterocycles. The van der Waals surface area contributed by atoms with E-state index in [1.807, 2.05) is 4.90 Å². The molecule has 0 saturated carbocycles. The predicted octanol–water partition coefficient (Wildman–Crippen LogP) is -1.07. The Hall–Kier alpha value is -1.56. The van der Waals surface area contributed by atoms with E-state index in [0.717, 1.165) is 0 Å². The van der Waals surface area contributed by atoms with Crippen molar-refractivity contribution in [3.8, 4) is 0 Å². The molecular weight excluding hydrogens is 184 g/mol. The third-order valence-corrected chi connectivity index (χ3v) is 1.95. The summed E-state index contributed by atoms with van der Waals surface area (Å²) in [5.74, 6) is -0.488. The molecule has 1 rings (SSSR count). The molecule has 6 nitrogen and oxygen atoms in total. The van der Waals surface area contributed by atoms with Crippen molar-refractivity contribution in [2.75, 3.05) is 13.1 Å². The molecule has 1 heterocycles. The van der Waals surface area contributed by atoms with Gasteiger partial charge in [0.1, 0.15) is 11.9 Å². The summed E-state index contributed by atoms with van der Waals surface area (Å²) in [7, 11) is 0. The van der Waals surface area contributed by atoms with Crippen molar-refractivity contribution in [3.63, 3.8) is 0 Å². The molecule has 5 N–H and O–H groups in total. The number of nitrogens with two attached hydrogens (primary N) is 2. The standard InChI is InChI=1S/C8H14N4O2/c9-6(8(13)14)1-3-12-4-2-7(10)11-5-12/h2,5-6H,1,3-4,9-10H2,(H,13,14). The molecule has 6 heteroatoms. The summed E-state index contributed by atoms with van der Waals surface area (Å²) in [6.45, 7) is 1.22. The normalized spacial score (nSPS) is 17.8. The molecule has 0 aromatic rings. The highest BCUT2D eigenvalue weighted by Crippen LogP contribution is 1.99. The number of aliphatic imine (C=N–C) groups is 1. The molecule has 0 saturated heterocycles. The van der Waals surface area contributed by atoms with Crippen molar-refractivity contribution in [3.05, 3.63) is 11.9 Å². The molecule has 14 heavy (non-hydrogen) atoms. The lowest BCUT2D eigenvalue weighted by Crippen LogP contribution is -2.36. The van der Waals surface area contributed by atoms with Gasteiger partial charge in [0.25, 0.3) is 0 Å². The first-order valence-electron chi connectivity index (χ1n) is 4.32. The lowest BCUT2D eigenvalue weighted by molar-refractivity contribution is -0.138. The Bertz CT molecular complexity index is 275. The summed E-state index contributed by atoms with van der Waals surface area (Å²) in [5, 5.41) is 8.54. The highest BCUT2D eigenvalue weighted by molar-refractivity contribution is 5.73. The van der Waals surface area contributed by atoms with Crippen LogP contribution in [0.3, 0.4) is 0 Å². The summed E-state index contributed by atoms with van der Waals surface area (Å²) in [4.78, 5) is 16.2. The van der Waals surface area contributed by atoms with Gasteiger partial charge in [-0.25, -0.2) is 4.99 Å². The number of carboxylic acids is 1. The second kappa shape index (κ2) is 4.61. The molecule has 1 atom stereocenters. The zero-order valence-corrected chi connectivity index (χ0v) is 7.76. The van der Waals surface area contributed by atoms with Gasteiger partial charge in [-0.15, -0.1) is 0 Å². The second-order valence-corrected chi connectivity index (χ2v) is 3.10. The zero-order chi connectivity index (χ0) is 10.6. The lowest BCUT2D eigenvalue weighted by Gasteiger charge is -2.21. The Morgan fingerprint density at radius 1 is 1.79 bits per heavy atom. The molecular formula is C8H14N4O2. The Labute approximate surface area is 81.9 Å². The second-order valence-electron chi connectivity index (χ2n) is 3.10. The monoisotopic (exact) mass is 198 g/mol. The van der Waals surface area contributed by atoms with E-state index in [2.05, 4.69) is 4.99 Å². The van der Waals surface area contributed by atoms with E-state index in [1.165, 1.54) is 0 Å². The van der Waals surface area contributed by atoms with Crippen LogP contribution in [0.4, 0.5) is 0 Å². The molecule has 0 bridgehead atoms. The van der Waals surface area contributed by atoms with Gasteiger partial charge in [-0.05, 0) is 12.5 Å². The van der Waals surface area contributed by atoms with Crippen LogP contribution in [0.15, 0.2) is 16.9 Å². The highest BCUT2D eigenvalue weighted by Gasteiger charge is 2.12. The molecule has 0 amide bonds. The van der Waals surface area contributed by atoms with Crippen LogP contribution in [0.5, 0.6) is 0 Å². The van der Waals surface area contributed by atoms with Crippen molar-refractivity contribution in [2.45, 2.75) is 12.5 Å². The Morgan fingerprint density at radius 3 is 3.00 bits per heavy atom. The summed E-state index contributed by atoms with van der Waals surface area (Å²) in [6.07, 6.45) is 3.77. The van der Waals surface area contributed by atoms with E-state index in [9.17, 15) is 4.79 Å². The van der Waals surface area contributed by atoms with Crippen molar-refractivity contribution in [1.29, 1.82) is 0 Å². The fraction of sp³-hybridized carbons (Fsp3) is 0.500. The van der Waals surface area contributed by atoms with Gasteiger partial charge >= 0.3 is 5.97 Å². The molecule has 1 unspecified atom stereocenters. The van der Waals surface area contributed by atoms with Crippen molar-refractivity contribution < 1.29 is 9.90 Å². The van der Waals surface area contributed by atoms with E-state index >= 15 is 0 Å². The number of rotatable bonds is 4. The third kappa shape index (κ3) is 3.06. The number of nitrogens with zero attached hydrogens (tertiary/aromatic N) is 2. The number of carboxylic acid groups (broad SMARTS) is 1. The van der Waals surface area contributed by atoms with Crippen molar-refractivity contribution in [1.82, 2.24) is 4.90 Å². The van der Waals surface area contributed by atoms with E-state index in [1.54, 1.807) is 12.4 Å². The largest absolute Gasteiger partial charge is 0.480 e. The van der Waals surface area contributed by atoms with E-state index in [4.69, 9.17) is 16.6 Å². The van der Waals surface area contributed by atoms with Crippen molar-refractivity contribution >= 4 is 12.3 Å². The minimum atomic E-state index is -0.978. The van der Waals surface area contributed by atoms with Gasteiger partial charge in [0.15, 0.2) is 0 Å². The van der Waals surface area contributed by atoms with Crippen LogP contribution in [0, 0.1) is 0 Å². The first-order valence-corrected chi connectivity index (χ1v) is 4.32. The lowest BCUT2D eigenvalue weighted by atomic mass is 10.2. The predicted molar refractivity (Wildman–Crippen MR) is 52.6 cm³/mol. The maximum absolute atomic E-state index is 10.4. The van der Waals surface area contributed by atoms with Gasteiger partial charge < -0.3 is 21.5 Å².